The number of benzene rings is 2. The molecule has 3 heteroatoms. The van der Waals surface area contributed by atoms with Gasteiger partial charge in [0.05, 0.1) is 7.11 Å². The molecular weight excluding hydrogens is 234 g/mol. The maximum atomic E-state index is 13.9. The van der Waals surface area contributed by atoms with E-state index >= 15 is 0 Å². The molecule has 18 heavy (non-hydrogen) atoms. The quantitative estimate of drug-likeness (QED) is 0.733. The van der Waals surface area contributed by atoms with Crippen LogP contribution in [0.2, 0.25) is 0 Å². The predicted molar refractivity (Wildman–Crippen MR) is 66.3 cm³/mol. The molecule has 90 valence electrons. The third kappa shape index (κ3) is 1.93. The highest BCUT2D eigenvalue weighted by atomic mass is 19.2. The third-order valence-corrected chi connectivity index (χ3v) is 2.64. The average molecular weight is 244 g/mol. The lowest BCUT2D eigenvalue weighted by atomic mass is 9.99. The zero-order valence-corrected chi connectivity index (χ0v) is 9.71. The first-order valence-electron chi connectivity index (χ1n) is 5.27. The normalized spacial score (nSPS) is 9.89. The lowest BCUT2D eigenvalue weighted by Gasteiger charge is -2.09. The standard InChI is InChI=1S/C15H10F2O/c1-3-10-6-4-5-7-11(10)12-8-9-13(18-2)15(17)14(12)16/h1,4-9H,2H3. The van der Waals surface area contributed by atoms with Gasteiger partial charge in [0.2, 0.25) is 5.82 Å². The summed E-state index contributed by atoms with van der Waals surface area (Å²) in [5.41, 5.74) is 1.13. The van der Waals surface area contributed by atoms with E-state index in [1.165, 1.54) is 19.2 Å². The minimum Gasteiger partial charge on any atom is -0.494 e. The topological polar surface area (TPSA) is 9.23 Å². The Kier molecular flexibility index (Phi) is 3.29. The maximum absolute atomic E-state index is 13.9. The van der Waals surface area contributed by atoms with Crippen molar-refractivity contribution in [2.24, 2.45) is 0 Å². The highest BCUT2D eigenvalue weighted by Crippen LogP contribution is 2.31. The molecule has 0 bridgehead atoms. The van der Waals surface area contributed by atoms with Crippen LogP contribution in [0.3, 0.4) is 0 Å². The second-order valence-electron chi connectivity index (χ2n) is 3.63. The summed E-state index contributed by atoms with van der Waals surface area (Å²) in [7, 11) is 1.28. The molecule has 0 N–H and O–H groups in total. The van der Waals surface area contributed by atoms with Gasteiger partial charge in [-0.15, -0.1) is 6.42 Å². The fourth-order valence-corrected chi connectivity index (χ4v) is 1.74. The third-order valence-electron chi connectivity index (χ3n) is 2.64. The molecule has 0 heterocycles. The number of rotatable bonds is 2. The van der Waals surface area contributed by atoms with Crippen molar-refractivity contribution in [1.82, 2.24) is 0 Å². The molecule has 0 atom stereocenters. The Hall–Kier alpha value is -2.34. The number of terminal acetylenes is 1. The van der Waals surface area contributed by atoms with Crippen LogP contribution in [0.15, 0.2) is 36.4 Å². The summed E-state index contributed by atoms with van der Waals surface area (Å²) in [4.78, 5) is 0. The monoisotopic (exact) mass is 244 g/mol. The molecule has 0 spiro atoms. The van der Waals surface area contributed by atoms with Gasteiger partial charge in [0.15, 0.2) is 11.6 Å². The summed E-state index contributed by atoms with van der Waals surface area (Å²) in [5, 5.41) is 0. The van der Waals surface area contributed by atoms with Crippen LogP contribution in [-0.4, -0.2) is 7.11 Å². The lowest BCUT2D eigenvalue weighted by Crippen LogP contribution is -1.96. The summed E-state index contributed by atoms with van der Waals surface area (Å²) in [6.45, 7) is 0. The second-order valence-corrected chi connectivity index (χ2v) is 3.63. The van der Waals surface area contributed by atoms with Crippen molar-refractivity contribution in [1.29, 1.82) is 0 Å². The highest BCUT2D eigenvalue weighted by Gasteiger charge is 2.16. The van der Waals surface area contributed by atoms with Crippen LogP contribution in [0.4, 0.5) is 8.78 Å². The first-order valence-corrected chi connectivity index (χ1v) is 5.27. The molecule has 0 aliphatic carbocycles. The zero-order valence-electron chi connectivity index (χ0n) is 9.71. The van der Waals surface area contributed by atoms with Crippen LogP contribution in [0.25, 0.3) is 11.1 Å². The van der Waals surface area contributed by atoms with Crippen molar-refractivity contribution in [2.75, 3.05) is 7.11 Å². The number of halogens is 2. The van der Waals surface area contributed by atoms with Crippen LogP contribution in [0.1, 0.15) is 5.56 Å². The fourth-order valence-electron chi connectivity index (χ4n) is 1.74. The molecule has 0 saturated heterocycles. The summed E-state index contributed by atoms with van der Waals surface area (Å²) >= 11 is 0. The van der Waals surface area contributed by atoms with Gasteiger partial charge in [-0.3, -0.25) is 0 Å². The number of ether oxygens (including phenoxy) is 1. The van der Waals surface area contributed by atoms with Gasteiger partial charge < -0.3 is 4.74 Å². The molecule has 0 amide bonds. The molecule has 2 rings (SSSR count). The smallest absolute Gasteiger partial charge is 0.201 e. The molecule has 2 aromatic carbocycles. The molecular formula is C15H10F2O. The molecule has 0 aliphatic rings. The fraction of sp³-hybridized carbons (Fsp3) is 0.0667. The van der Waals surface area contributed by atoms with Crippen molar-refractivity contribution in [3.8, 4) is 29.2 Å². The minimum absolute atomic E-state index is 0.127. The van der Waals surface area contributed by atoms with E-state index in [4.69, 9.17) is 11.2 Å². The Bertz CT molecular complexity index is 627. The van der Waals surface area contributed by atoms with Crippen LogP contribution < -0.4 is 4.74 Å². The van der Waals surface area contributed by atoms with E-state index in [0.29, 0.717) is 11.1 Å². The number of hydrogen-bond acceptors (Lipinski definition) is 1. The number of hydrogen-bond donors (Lipinski definition) is 0. The van der Waals surface area contributed by atoms with Gasteiger partial charge in [0.25, 0.3) is 0 Å². The van der Waals surface area contributed by atoms with Crippen molar-refractivity contribution >= 4 is 0 Å². The Labute approximate surface area is 104 Å². The molecule has 1 nitrogen and oxygen atoms in total. The van der Waals surface area contributed by atoms with Crippen molar-refractivity contribution < 1.29 is 13.5 Å². The van der Waals surface area contributed by atoms with Crippen molar-refractivity contribution in [3.05, 3.63) is 53.6 Å². The first-order chi connectivity index (χ1) is 8.69. The van der Waals surface area contributed by atoms with Gasteiger partial charge in [-0.2, -0.15) is 4.39 Å². The summed E-state index contributed by atoms with van der Waals surface area (Å²) < 4.78 is 32.3. The summed E-state index contributed by atoms with van der Waals surface area (Å²) in [5.74, 6) is 0.346. The van der Waals surface area contributed by atoms with E-state index in [1.54, 1.807) is 24.3 Å². The summed E-state index contributed by atoms with van der Waals surface area (Å²) in [6, 6.07) is 9.62. The molecule has 0 radical (unpaired) electrons. The Morgan fingerprint density at radius 2 is 1.72 bits per heavy atom. The lowest BCUT2D eigenvalue weighted by molar-refractivity contribution is 0.372. The largest absolute Gasteiger partial charge is 0.494 e. The van der Waals surface area contributed by atoms with Gasteiger partial charge in [0, 0.05) is 16.7 Å². The average Bonchev–Trinajstić information content (AvgIpc) is 2.42. The van der Waals surface area contributed by atoms with Gasteiger partial charge >= 0.3 is 0 Å². The van der Waals surface area contributed by atoms with E-state index in [1.807, 2.05) is 0 Å². The summed E-state index contributed by atoms with van der Waals surface area (Å²) in [6.07, 6.45) is 5.34. The first kappa shape index (κ1) is 12.1. The molecule has 0 unspecified atom stereocenters. The van der Waals surface area contributed by atoms with Crippen LogP contribution in [0, 0.1) is 24.0 Å². The van der Waals surface area contributed by atoms with E-state index < -0.39 is 11.6 Å². The molecule has 2 aromatic rings. The van der Waals surface area contributed by atoms with Gasteiger partial charge in [-0.25, -0.2) is 4.39 Å². The van der Waals surface area contributed by atoms with Crippen LogP contribution in [-0.2, 0) is 0 Å². The maximum Gasteiger partial charge on any atom is 0.201 e. The zero-order chi connectivity index (χ0) is 13.1. The second kappa shape index (κ2) is 4.89. The number of methoxy groups -OCH3 is 1. The molecule has 0 saturated carbocycles. The van der Waals surface area contributed by atoms with Crippen molar-refractivity contribution in [2.45, 2.75) is 0 Å². The van der Waals surface area contributed by atoms with Gasteiger partial charge in [-0.1, -0.05) is 24.1 Å². The molecule has 0 fully saturated rings. The van der Waals surface area contributed by atoms with Gasteiger partial charge in [0.1, 0.15) is 0 Å². The van der Waals surface area contributed by atoms with Crippen LogP contribution >= 0.6 is 0 Å². The van der Waals surface area contributed by atoms with Crippen LogP contribution in [0.5, 0.6) is 5.75 Å². The predicted octanol–water partition coefficient (Wildman–Crippen LogP) is 3.62. The van der Waals surface area contributed by atoms with E-state index in [-0.39, 0.29) is 11.3 Å². The van der Waals surface area contributed by atoms with Crippen molar-refractivity contribution in [3.63, 3.8) is 0 Å². The van der Waals surface area contributed by atoms with E-state index in [2.05, 4.69) is 5.92 Å². The minimum atomic E-state index is -1.01. The van der Waals surface area contributed by atoms with E-state index in [0.717, 1.165) is 0 Å². The Morgan fingerprint density at radius 1 is 1.00 bits per heavy atom. The molecule has 0 aromatic heterocycles. The highest BCUT2D eigenvalue weighted by molar-refractivity contribution is 5.72. The Morgan fingerprint density at radius 3 is 2.39 bits per heavy atom. The van der Waals surface area contributed by atoms with Gasteiger partial charge in [-0.05, 0) is 18.2 Å². The Balaban J connectivity index is 2.66. The molecule has 0 aliphatic heterocycles. The SMILES string of the molecule is C#Cc1ccccc1-c1ccc(OC)c(F)c1F. The van der Waals surface area contributed by atoms with E-state index in [9.17, 15) is 8.78 Å².